The first-order valence-electron chi connectivity index (χ1n) is 9.51. The minimum Gasteiger partial charge on any atom is -0.508 e. The summed E-state index contributed by atoms with van der Waals surface area (Å²) in [5, 5.41) is 21.0. The number of benzene rings is 3. The van der Waals surface area contributed by atoms with Crippen LogP contribution in [0.4, 0.5) is 14.5 Å². The molecule has 0 aliphatic carbocycles. The maximum Gasteiger partial charge on any atom is 0.300 e. The Bertz CT molecular complexity index is 1250. The van der Waals surface area contributed by atoms with E-state index >= 15 is 0 Å². The second kappa shape index (κ2) is 8.14. The first-order chi connectivity index (χ1) is 15.3. The molecule has 0 bridgehead atoms. The van der Waals surface area contributed by atoms with Crippen LogP contribution in [0, 0.1) is 11.6 Å². The van der Waals surface area contributed by atoms with Gasteiger partial charge in [-0.05, 0) is 60.2 Å². The molecule has 1 fully saturated rings. The normalized spacial score (nSPS) is 17.6. The van der Waals surface area contributed by atoms with Crippen LogP contribution in [0.1, 0.15) is 17.2 Å². The molecule has 0 radical (unpaired) electrons. The molecule has 0 aromatic heterocycles. The summed E-state index contributed by atoms with van der Waals surface area (Å²) in [6.45, 7) is 0. The van der Waals surface area contributed by atoms with Gasteiger partial charge in [0.05, 0.1) is 24.3 Å². The molecule has 1 amide bonds. The smallest absolute Gasteiger partial charge is 0.300 e. The number of aromatic hydroxyl groups is 1. The Balaban J connectivity index is 1.99. The number of hydrogen-bond donors (Lipinski definition) is 2. The van der Waals surface area contributed by atoms with Gasteiger partial charge in [-0.1, -0.05) is 12.1 Å². The maximum absolute atomic E-state index is 13.9. The summed E-state index contributed by atoms with van der Waals surface area (Å²) in [5.74, 6) is -3.90. The number of rotatable bonds is 4. The van der Waals surface area contributed by atoms with Gasteiger partial charge in [0.2, 0.25) is 0 Å². The van der Waals surface area contributed by atoms with Gasteiger partial charge in [0, 0.05) is 5.69 Å². The molecule has 4 rings (SSSR count). The van der Waals surface area contributed by atoms with Gasteiger partial charge in [-0.3, -0.25) is 14.5 Å². The lowest BCUT2D eigenvalue weighted by molar-refractivity contribution is -0.132. The van der Waals surface area contributed by atoms with Gasteiger partial charge in [-0.15, -0.1) is 0 Å². The SMILES string of the molecule is COc1ccc(F)cc1/C(O)=C1\C(=O)C(=O)N(c2ccc(F)cc2)C1c1cccc(O)c1. The lowest BCUT2D eigenvalue weighted by atomic mass is 9.94. The maximum atomic E-state index is 13.9. The molecule has 8 heteroatoms. The summed E-state index contributed by atoms with van der Waals surface area (Å²) in [5.41, 5.74) is 0.0705. The highest BCUT2D eigenvalue weighted by molar-refractivity contribution is 6.51. The first kappa shape index (κ1) is 21.0. The monoisotopic (exact) mass is 437 g/mol. The second-order valence-electron chi connectivity index (χ2n) is 7.09. The Hall–Kier alpha value is -4.20. The number of aliphatic hydroxyl groups is 1. The average Bonchev–Trinajstić information content (AvgIpc) is 3.04. The van der Waals surface area contributed by atoms with Crippen molar-refractivity contribution in [3.63, 3.8) is 0 Å². The van der Waals surface area contributed by atoms with E-state index < -0.39 is 35.1 Å². The van der Waals surface area contributed by atoms with Crippen molar-refractivity contribution in [1.29, 1.82) is 0 Å². The molecular weight excluding hydrogens is 420 g/mol. The van der Waals surface area contributed by atoms with Crippen molar-refractivity contribution in [2.45, 2.75) is 6.04 Å². The molecule has 1 aliphatic heterocycles. The number of anilines is 1. The van der Waals surface area contributed by atoms with E-state index in [0.717, 1.165) is 29.2 Å². The average molecular weight is 437 g/mol. The lowest BCUT2D eigenvalue weighted by Gasteiger charge is -2.25. The van der Waals surface area contributed by atoms with Crippen LogP contribution < -0.4 is 9.64 Å². The number of aliphatic hydroxyl groups excluding tert-OH is 1. The number of phenolic OH excluding ortho intramolecular Hbond substituents is 1. The zero-order valence-electron chi connectivity index (χ0n) is 16.8. The standard InChI is InChI=1S/C24H17F2NO5/c1-32-19-10-7-15(26)12-18(19)22(29)20-21(13-3-2-4-17(28)11-13)27(24(31)23(20)30)16-8-5-14(25)6-9-16/h2-12,21,28-29H,1H3/b22-20+. The minimum absolute atomic E-state index is 0.0894. The van der Waals surface area contributed by atoms with Crippen molar-refractivity contribution < 1.29 is 33.3 Å². The molecule has 32 heavy (non-hydrogen) atoms. The summed E-state index contributed by atoms with van der Waals surface area (Å²) >= 11 is 0. The van der Waals surface area contributed by atoms with E-state index in [-0.39, 0.29) is 28.3 Å². The molecule has 0 saturated carbocycles. The van der Waals surface area contributed by atoms with Crippen molar-refractivity contribution in [2.24, 2.45) is 0 Å². The van der Waals surface area contributed by atoms with Gasteiger partial charge in [0.15, 0.2) is 0 Å². The third-order valence-electron chi connectivity index (χ3n) is 5.15. The molecule has 1 unspecified atom stereocenters. The van der Waals surface area contributed by atoms with Crippen molar-refractivity contribution in [3.8, 4) is 11.5 Å². The van der Waals surface area contributed by atoms with Gasteiger partial charge >= 0.3 is 0 Å². The van der Waals surface area contributed by atoms with Gasteiger partial charge < -0.3 is 14.9 Å². The van der Waals surface area contributed by atoms with Crippen molar-refractivity contribution >= 4 is 23.1 Å². The van der Waals surface area contributed by atoms with E-state index in [4.69, 9.17) is 4.74 Å². The molecule has 0 spiro atoms. The molecule has 3 aromatic rings. The molecular formula is C24H17F2NO5. The van der Waals surface area contributed by atoms with Crippen LogP contribution in [-0.4, -0.2) is 29.0 Å². The molecule has 3 aromatic carbocycles. The Morgan fingerprint density at radius 3 is 2.31 bits per heavy atom. The van der Waals surface area contributed by atoms with E-state index in [9.17, 15) is 28.6 Å². The molecule has 162 valence electrons. The number of hydrogen-bond acceptors (Lipinski definition) is 5. The van der Waals surface area contributed by atoms with Crippen LogP contribution in [0.5, 0.6) is 11.5 Å². The van der Waals surface area contributed by atoms with Crippen LogP contribution in [0.25, 0.3) is 5.76 Å². The van der Waals surface area contributed by atoms with Gasteiger partial charge in [0.1, 0.15) is 28.9 Å². The highest BCUT2D eigenvalue weighted by atomic mass is 19.1. The summed E-state index contributed by atoms with van der Waals surface area (Å²) in [4.78, 5) is 27.1. The van der Waals surface area contributed by atoms with Gasteiger partial charge in [-0.2, -0.15) is 0 Å². The predicted octanol–water partition coefficient (Wildman–Crippen LogP) is 4.31. The summed E-state index contributed by atoms with van der Waals surface area (Å²) in [6, 6.07) is 12.9. The summed E-state index contributed by atoms with van der Waals surface area (Å²) in [7, 11) is 1.31. The zero-order chi connectivity index (χ0) is 23.0. The number of carbonyl (C=O) groups excluding carboxylic acids is 2. The van der Waals surface area contributed by atoms with E-state index in [1.54, 1.807) is 6.07 Å². The molecule has 1 heterocycles. The molecule has 2 N–H and O–H groups in total. The second-order valence-corrected chi connectivity index (χ2v) is 7.09. The number of amides is 1. The fourth-order valence-electron chi connectivity index (χ4n) is 3.72. The largest absolute Gasteiger partial charge is 0.508 e. The summed E-state index contributed by atoms with van der Waals surface area (Å²) in [6.07, 6.45) is 0. The number of ether oxygens (including phenoxy) is 1. The van der Waals surface area contributed by atoms with E-state index in [2.05, 4.69) is 0 Å². The lowest BCUT2D eigenvalue weighted by Crippen LogP contribution is -2.29. The van der Waals surface area contributed by atoms with Crippen molar-refractivity contribution in [1.82, 2.24) is 0 Å². The van der Waals surface area contributed by atoms with Crippen molar-refractivity contribution in [3.05, 3.63) is 95.1 Å². The minimum atomic E-state index is -1.17. The first-order valence-corrected chi connectivity index (χ1v) is 9.51. The number of ketones is 1. The number of carbonyl (C=O) groups is 2. The number of Topliss-reactive ketones (excluding diaryl/α,β-unsaturated/α-hetero) is 1. The number of phenols is 1. The van der Waals surface area contributed by atoms with Crippen LogP contribution >= 0.6 is 0 Å². The Morgan fingerprint density at radius 2 is 1.66 bits per heavy atom. The van der Waals surface area contributed by atoms with Crippen LogP contribution in [0.3, 0.4) is 0 Å². The van der Waals surface area contributed by atoms with Crippen LogP contribution in [0.15, 0.2) is 72.3 Å². The fraction of sp³-hybridized carbons (Fsp3) is 0.0833. The summed E-state index contributed by atoms with van der Waals surface area (Å²) < 4.78 is 32.6. The molecule has 1 saturated heterocycles. The fourth-order valence-corrected chi connectivity index (χ4v) is 3.72. The molecule has 1 aliphatic rings. The van der Waals surface area contributed by atoms with Crippen LogP contribution in [-0.2, 0) is 9.59 Å². The third-order valence-corrected chi connectivity index (χ3v) is 5.15. The van der Waals surface area contributed by atoms with E-state index in [0.29, 0.717) is 5.56 Å². The number of halogens is 2. The quantitative estimate of drug-likeness (QED) is 0.361. The zero-order valence-corrected chi connectivity index (χ0v) is 16.8. The Morgan fingerprint density at radius 1 is 0.969 bits per heavy atom. The molecule has 1 atom stereocenters. The van der Waals surface area contributed by atoms with Crippen LogP contribution in [0.2, 0.25) is 0 Å². The highest BCUT2D eigenvalue weighted by Crippen LogP contribution is 2.43. The predicted molar refractivity (Wildman–Crippen MR) is 112 cm³/mol. The van der Waals surface area contributed by atoms with Crippen molar-refractivity contribution in [2.75, 3.05) is 12.0 Å². The number of methoxy groups -OCH3 is 1. The van der Waals surface area contributed by atoms with Gasteiger partial charge in [-0.25, -0.2) is 8.78 Å². The van der Waals surface area contributed by atoms with Gasteiger partial charge in [0.25, 0.3) is 11.7 Å². The molecule has 6 nitrogen and oxygen atoms in total. The van der Waals surface area contributed by atoms with E-state index in [1.807, 2.05) is 0 Å². The third kappa shape index (κ3) is 3.56. The topological polar surface area (TPSA) is 87.1 Å². The Labute approximate surface area is 181 Å². The number of nitrogens with zero attached hydrogens (tertiary/aromatic N) is 1. The Kier molecular flexibility index (Phi) is 5.36. The van der Waals surface area contributed by atoms with E-state index in [1.165, 1.54) is 43.5 Å². The highest BCUT2D eigenvalue weighted by Gasteiger charge is 2.47.